The van der Waals surface area contributed by atoms with Crippen LogP contribution in [-0.4, -0.2) is 27.5 Å². The summed E-state index contributed by atoms with van der Waals surface area (Å²) in [6, 6.07) is 9.71. The van der Waals surface area contributed by atoms with Crippen LogP contribution in [0.5, 0.6) is 0 Å². The molecule has 4 rings (SSSR count). The molecule has 0 bridgehead atoms. The lowest BCUT2D eigenvalue weighted by Crippen LogP contribution is -2.30. The number of rotatable bonds is 3. The Morgan fingerprint density at radius 3 is 3.08 bits per heavy atom. The van der Waals surface area contributed by atoms with Crippen molar-refractivity contribution < 1.29 is 9.32 Å². The Kier molecular flexibility index (Phi) is 3.90. The second kappa shape index (κ2) is 6.20. The predicted molar refractivity (Wildman–Crippen MR) is 91.8 cm³/mol. The number of likely N-dealkylation sites (tertiary alicyclic amines) is 1. The van der Waals surface area contributed by atoms with Gasteiger partial charge in [0.15, 0.2) is 0 Å². The predicted octanol–water partition coefficient (Wildman–Crippen LogP) is 4.08. The monoisotopic (exact) mass is 339 g/mol. The van der Waals surface area contributed by atoms with Crippen LogP contribution in [0.1, 0.15) is 40.7 Å². The van der Waals surface area contributed by atoms with Crippen molar-refractivity contribution in [3.63, 3.8) is 0 Å². The Balaban J connectivity index is 1.60. The van der Waals surface area contributed by atoms with Gasteiger partial charge in [0.05, 0.1) is 5.56 Å². The van der Waals surface area contributed by atoms with E-state index in [2.05, 4.69) is 10.1 Å². The molecule has 0 saturated carbocycles. The van der Waals surface area contributed by atoms with Gasteiger partial charge in [-0.15, -0.1) is 0 Å². The van der Waals surface area contributed by atoms with Gasteiger partial charge in [-0.05, 0) is 37.3 Å². The number of hydrogen-bond donors (Lipinski definition) is 0. The van der Waals surface area contributed by atoms with Gasteiger partial charge in [-0.1, -0.05) is 28.9 Å². The van der Waals surface area contributed by atoms with Crippen LogP contribution < -0.4 is 0 Å². The molecule has 2 aromatic heterocycles. The number of amides is 1. The Morgan fingerprint density at radius 2 is 2.29 bits per heavy atom. The van der Waals surface area contributed by atoms with E-state index in [1.807, 2.05) is 52.9 Å². The Labute approximate surface area is 143 Å². The molecule has 0 radical (unpaired) electrons. The second-order valence-corrected chi connectivity index (χ2v) is 6.77. The minimum Gasteiger partial charge on any atom is -0.337 e. The average molecular weight is 339 g/mol. The van der Waals surface area contributed by atoms with Crippen molar-refractivity contribution in [2.24, 2.45) is 0 Å². The zero-order valence-electron chi connectivity index (χ0n) is 13.3. The minimum absolute atomic E-state index is 0.0362. The quantitative estimate of drug-likeness (QED) is 0.721. The van der Waals surface area contributed by atoms with Gasteiger partial charge in [0.25, 0.3) is 5.91 Å². The summed E-state index contributed by atoms with van der Waals surface area (Å²) in [4.78, 5) is 19.0. The van der Waals surface area contributed by atoms with Gasteiger partial charge in [-0.2, -0.15) is 16.3 Å². The van der Waals surface area contributed by atoms with E-state index in [0.29, 0.717) is 11.7 Å². The maximum atomic E-state index is 12.7. The fourth-order valence-corrected chi connectivity index (χ4v) is 3.72. The Hall–Kier alpha value is -2.47. The number of thiophene rings is 1. The van der Waals surface area contributed by atoms with Gasteiger partial charge < -0.3 is 9.42 Å². The number of aryl methyl sites for hydroxylation is 1. The van der Waals surface area contributed by atoms with Crippen molar-refractivity contribution in [1.82, 2.24) is 15.0 Å². The molecule has 1 atom stereocenters. The number of carbonyl (C=O) groups excluding carboxylic acids is 1. The highest BCUT2D eigenvalue weighted by Crippen LogP contribution is 2.33. The van der Waals surface area contributed by atoms with Crippen molar-refractivity contribution in [3.05, 3.63) is 58.1 Å². The lowest BCUT2D eigenvalue weighted by molar-refractivity contribution is 0.0710. The largest absolute Gasteiger partial charge is 0.337 e. The smallest absolute Gasteiger partial charge is 0.255 e. The van der Waals surface area contributed by atoms with E-state index in [9.17, 15) is 4.79 Å². The van der Waals surface area contributed by atoms with E-state index in [1.54, 1.807) is 0 Å². The molecule has 1 aromatic carbocycles. The van der Waals surface area contributed by atoms with E-state index < -0.39 is 0 Å². The second-order valence-electron chi connectivity index (χ2n) is 5.99. The molecule has 5 nitrogen and oxygen atoms in total. The van der Waals surface area contributed by atoms with Crippen LogP contribution >= 0.6 is 11.3 Å². The van der Waals surface area contributed by atoms with Crippen LogP contribution in [0.15, 0.2) is 45.6 Å². The number of aromatic nitrogens is 2. The van der Waals surface area contributed by atoms with Gasteiger partial charge >= 0.3 is 0 Å². The third kappa shape index (κ3) is 2.73. The number of benzene rings is 1. The maximum absolute atomic E-state index is 12.7. The van der Waals surface area contributed by atoms with Crippen LogP contribution in [0, 0.1) is 6.92 Å². The number of hydrogen-bond acceptors (Lipinski definition) is 5. The van der Waals surface area contributed by atoms with Crippen molar-refractivity contribution in [2.75, 3.05) is 6.54 Å². The normalized spacial score (nSPS) is 17.4. The molecule has 3 heterocycles. The summed E-state index contributed by atoms with van der Waals surface area (Å²) in [5.41, 5.74) is 2.80. The average Bonchev–Trinajstić information content (AvgIpc) is 3.33. The Morgan fingerprint density at radius 1 is 1.38 bits per heavy atom. The molecule has 1 saturated heterocycles. The van der Waals surface area contributed by atoms with Crippen LogP contribution in [0.3, 0.4) is 0 Å². The van der Waals surface area contributed by atoms with Gasteiger partial charge in [-0.25, -0.2) is 0 Å². The first-order valence-electron chi connectivity index (χ1n) is 7.96. The molecule has 122 valence electrons. The molecule has 3 aromatic rings. The summed E-state index contributed by atoms with van der Waals surface area (Å²) in [6.45, 7) is 2.75. The lowest BCUT2D eigenvalue weighted by atomic mass is 10.1. The van der Waals surface area contributed by atoms with E-state index >= 15 is 0 Å². The molecule has 0 N–H and O–H groups in total. The number of nitrogens with zero attached hydrogens (tertiary/aromatic N) is 3. The molecular weight excluding hydrogens is 322 g/mol. The highest BCUT2D eigenvalue weighted by atomic mass is 32.1. The van der Waals surface area contributed by atoms with Crippen LogP contribution in [0.2, 0.25) is 0 Å². The molecule has 1 aliphatic heterocycles. The third-order valence-corrected chi connectivity index (χ3v) is 4.97. The fourth-order valence-electron chi connectivity index (χ4n) is 3.09. The van der Waals surface area contributed by atoms with E-state index in [1.165, 1.54) is 11.3 Å². The maximum Gasteiger partial charge on any atom is 0.255 e. The molecule has 0 aliphatic carbocycles. The molecule has 1 amide bonds. The third-order valence-electron chi connectivity index (χ3n) is 4.28. The molecule has 0 unspecified atom stereocenters. The fraction of sp³-hybridized carbons (Fsp3) is 0.278. The van der Waals surface area contributed by atoms with Crippen LogP contribution in [0.4, 0.5) is 0 Å². The van der Waals surface area contributed by atoms with E-state index in [0.717, 1.165) is 36.1 Å². The highest BCUT2D eigenvalue weighted by molar-refractivity contribution is 7.08. The summed E-state index contributed by atoms with van der Waals surface area (Å²) in [5, 5.41) is 7.90. The van der Waals surface area contributed by atoms with E-state index in [-0.39, 0.29) is 11.9 Å². The van der Waals surface area contributed by atoms with Crippen LogP contribution in [0.25, 0.3) is 11.4 Å². The zero-order valence-corrected chi connectivity index (χ0v) is 14.1. The molecular formula is C18H17N3O2S. The highest BCUT2D eigenvalue weighted by Gasteiger charge is 2.34. The number of carbonyl (C=O) groups is 1. The summed E-state index contributed by atoms with van der Waals surface area (Å²) in [6.07, 6.45) is 1.80. The minimum atomic E-state index is -0.136. The van der Waals surface area contributed by atoms with Crippen molar-refractivity contribution >= 4 is 17.2 Å². The first kappa shape index (κ1) is 15.1. The SMILES string of the molecule is Cc1cccc(-c2noc([C@@H]3CCCN3C(=O)c3ccsc3)n2)c1. The summed E-state index contributed by atoms with van der Waals surface area (Å²) >= 11 is 1.53. The summed E-state index contributed by atoms with van der Waals surface area (Å²) < 4.78 is 5.49. The Bertz CT molecular complexity index is 857. The van der Waals surface area contributed by atoms with Crippen LogP contribution in [-0.2, 0) is 0 Å². The summed E-state index contributed by atoms with van der Waals surface area (Å²) in [7, 11) is 0. The van der Waals surface area contributed by atoms with Gasteiger partial charge in [-0.3, -0.25) is 4.79 Å². The zero-order chi connectivity index (χ0) is 16.5. The standard InChI is InChI=1S/C18H17N3O2S/c1-12-4-2-5-13(10-12)16-19-17(23-20-16)15-6-3-8-21(15)18(22)14-7-9-24-11-14/h2,4-5,7,9-11,15H,3,6,8H2,1H3/t15-/m0/s1. The molecule has 1 fully saturated rings. The summed E-state index contributed by atoms with van der Waals surface area (Å²) in [5.74, 6) is 1.13. The topological polar surface area (TPSA) is 59.2 Å². The molecule has 6 heteroatoms. The first-order chi connectivity index (χ1) is 11.7. The first-order valence-corrected chi connectivity index (χ1v) is 8.90. The molecule has 0 spiro atoms. The van der Waals surface area contributed by atoms with Gasteiger partial charge in [0.2, 0.25) is 11.7 Å². The van der Waals surface area contributed by atoms with Gasteiger partial charge in [0, 0.05) is 17.5 Å². The van der Waals surface area contributed by atoms with Crippen molar-refractivity contribution in [3.8, 4) is 11.4 Å². The van der Waals surface area contributed by atoms with E-state index in [4.69, 9.17) is 4.52 Å². The molecule has 24 heavy (non-hydrogen) atoms. The lowest BCUT2D eigenvalue weighted by Gasteiger charge is -2.21. The van der Waals surface area contributed by atoms with Crippen molar-refractivity contribution in [2.45, 2.75) is 25.8 Å². The van der Waals surface area contributed by atoms with Gasteiger partial charge in [0.1, 0.15) is 6.04 Å². The molecule has 1 aliphatic rings. The van der Waals surface area contributed by atoms with Crippen molar-refractivity contribution in [1.29, 1.82) is 0 Å².